The van der Waals surface area contributed by atoms with Crippen LogP contribution in [0.3, 0.4) is 0 Å². The van der Waals surface area contributed by atoms with Crippen LogP contribution in [0.5, 0.6) is 0 Å². The molecule has 0 bridgehead atoms. The molecule has 0 saturated heterocycles. The topological polar surface area (TPSA) is 41.5 Å². The molecule has 0 aromatic heterocycles. The molecule has 0 amide bonds. The first kappa shape index (κ1) is 14.3. The van der Waals surface area contributed by atoms with Crippen molar-refractivity contribution in [1.29, 1.82) is 0 Å². The van der Waals surface area contributed by atoms with Gasteiger partial charge in [0.2, 0.25) is 0 Å². The monoisotopic (exact) mass is 247 g/mol. The number of aliphatic hydroxyl groups is 1. The maximum atomic E-state index is 8.55. The predicted molar refractivity (Wildman–Crippen MR) is 70.1 cm³/mol. The Labute approximate surface area is 103 Å². The number of rotatable bonds is 8. The number of hydrogen-bond acceptors (Lipinski definition) is 4. The van der Waals surface area contributed by atoms with Crippen molar-refractivity contribution < 1.29 is 9.84 Å². The van der Waals surface area contributed by atoms with Gasteiger partial charge in [0.15, 0.2) is 0 Å². The quantitative estimate of drug-likeness (QED) is 0.640. The lowest BCUT2D eigenvalue weighted by Gasteiger charge is -2.31. The van der Waals surface area contributed by atoms with Gasteiger partial charge in [0.1, 0.15) is 0 Å². The summed E-state index contributed by atoms with van der Waals surface area (Å²) in [6, 6.07) is 0.696. The third kappa shape index (κ3) is 5.53. The van der Waals surface area contributed by atoms with E-state index < -0.39 is 0 Å². The van der Waals surface area contributed by atoms with Crippen LogP contribution in [-0.4, -0.2) is 49.0 Å². The molecule has 16 heavy (non-hydrogen) atoms. The van der Waals surface area contributed by atoms with Crippen molar-refractivity contribution in [3.8, 4) is 0 Å². The molecule has 1 saturated carbocycles. The zero-order chi connectivity index (χ0) is 11.6. The number of aliphatic hydroxyl groups excluding tert-OH is 1. The molecular formula is C12H25NO2S. The summed E-state index contributed by atoms with van der Waals surface area (Å²) in [5, 5.41) is 13.0. The maximum Gasteiger partial charge on any atom is 0.0697 e. The highest BCUT2D eigenvalue weighted by atomic mass is 32.2. The van der Waals surface area contributed by atoms with Gasteiger partial charge in [-0.3, -0.25) is 0 Å². The van der Waals surface area contributed by atoms with Crippen molar-refractivity contribution in [2.45, 2.75) is 43.4 Å². The minimum atomic E-state index is 0.130. The van der Waals surface area contributed by atoms with E-state index in [0.29, 0.717) is 12.6 Å². The molecule has 1 aliphatic carbocycles. The fraction of sp³-hybridized carbons (Fsp3) is 1.00. The first-order chi connectivity index (χ1) is 7.88. The molecule has 3 nitrogen and oxygen atoms in total. The van der Waals surface area contributed by atoms with Crippen LogP contribution in [0.15, 0.2) is 0 Å². The van der Waals surface area contributed by atoms with Crippen LogP contribution < -0.4 is 5.32 Å². The Kier molecular flexibility index (Phi) is 8.29. The zero-order valence-corrected chi connectivity index (χ0v) is 11.1. The van der Waals surface area contributed by atoms with Crippen molar-refractivity contribution in [3.63, 3.8) is 0 Å². The number of ether oxygens (including phenoxy) is 1. The summed E-state index contributed by atoms with van der Waals surface area (Å²) in [4.78, 5) is 0. The van der Waals surface area contributed by atoms with Gasteiger partial charge in [0, 0.05) is 17.9 Å². The molecule has 96 valence electrons. The van der Waals surface area contributed by atoms with Crippen LogP contribution in [0.2, 0.25) is 0 Å². The van der Waals surface area contributed by atoms with E-state index in [0.717, 1.165) is 24.8 Å². The van der Waals surface area contributed by atoms with Gasteiger partial charge in [0.05, 0.1) is 13.2 Å². The summed E-state index contributed by atoms with van der Waals surface area (Å²) in [7, 11) is 0. The van der Waals surface area contributed by atoms with E-state index in [1.807, 2.05) is 11.8 Å². The van der Waals surface area contributed by atoms with Gasteiger partial charge in [-0.15, -0.1) is 0 Å². The lowest BCUT2D eigenvalue weighted by molar-refractivity contribution is 0.0902. The van der Waals surface area contributed by atoms with Crippen molar-refractivity contribution in [2.75, 3.05) is 32.6 Å². The molecule has 2 atom stereocenters. The second-order valence-corrected chi connectivity index (χ2v) is 5.39. The molecule has 1 rings (SSSR count). The first-order valence-corrected chi connectivity index (χ1v) is 7.62. The minimum absolute atomic E-state index is 0.130. The van der Waals surface area contributed by atoms with E-state index in [1.54, 1.807) is 0 Å². The third-order valence-corrected chi connectivity index (χ3v) is 4.28. The summed E-state index contributed by atoms with van der Waals surface area (Å²) >= 11 is 2.00. The zero-order valence-electron chi connectivity index (χ0n) is 10.3. The average molecular weight is 247 g/mol. The van der Waals surface area contributed by atoms with E-state index in [4.69, 9.17) is 9.84 Å². The van der Waals surface area contributed by atoms with E-state index in [1.165, 1.54) is 25.7 Å². The highest BCUT2D eigenvalue weighted by Crippen LogP contribution is 2.26. The Morgan fingerprint density at radius 2 is 2.12 bits per heavy atom. The van der Waals surface area contributed by atoms with Crippen LogP contribution in [-0.2, 0) is 4.74 Å². The average Bonchev–Trinajstić information content (AvgIpc) is 2.34. The molecule has 0 aromatic rings. The summed E-state index contributed by atoms with van der Waals surface area (Å²) in [5.41, 5.74) is 0. The molecule has 4 heteroatoms. The van der Waals surface area contributed by atoms with Gasteiger partial charge < -0.3 is 15.2 Å². The summed E-state index contributed by atoms with van der Waals surface area (Å²) in [5.74, 6) is 0. The van der Waals surface area contributed by atoms with Crippen LogP contribution in [0, 0.1) is 0 Å². The van der Waals surface area contributed by atoms with Gasteiger partial charge in [-0.05, 0) is 32.1 Å². The lowest BCUT2D eigenvalue weighted by Crippen LogP contribution is -2.41. The van der Waals surface area contributed by atoms with Crippen molar-refractivity contribution in [1.82, 2.24) is 5.32 Å². The second-order valence-electron chi connectivity index (χ2n) is 4.31. The normalized spacial score (nSPS) is 25.9. The minimum Gasteiger partial charge on any atom is -0.394 e. The van der Waals surface area contributed by atoms with Crippen molar-refractivity contribution in [2.24, 2.45) is 0 Å². The second kappa shape index (κ2) is 9.28. The number of hydrogen-bond donors (Lipinski definition) is 2. The molecule has 2 N–H and O–H groups in total. The fourth-order valence-electron chi connectivity index (χ4n) is 2.24. The summed E-state index contributed by atoms with van der Waals surface area (Å²) in [6.07, 6.45) is 8.70. The van der Waals surface area contributed by atoms with Crippen LogP contribution in [0.4, 0.5) is 0 Å². The molecule has 1 aliphatic rings. The molecule has 0 aromatic carbocycles. The molecule has 0 spiro atoms. The van der Waals surface area contributed by atoms with Crippen molar-refractivity contribution >= 4 is 11.8 Å². The molecule has 0 aliphatic heterocycles. The Morgan fingerprint density at radius 1 is 1.31 bits per heavy atom. The highest BCUT2D eigenvalue weighted by molar-refractivity contribution is 7.99. The SMILES string of the molecule is CSC1CCCCC1NCCCOCCO. The maximum absolute atomic E-state index is 8.55. The van der Waals surface area contributed by atoms with Crippen LogP contribution in [0.1, 0.15) is 32.1 Å². The standard InChI is InChI=1S/C12H25NO2S/c1-16-12-6-3-2-5-11(12)13-7-4-9-15-10-8-14/h11-14H,2-10H2,1H3. The molecular weight excluding hydrogens is 222 g/mol. The molecule has 0 heterocycles. The van der Waals surface area contributed by atoms with Gasteiger partial charge >= 0.3 is 0 Å². The Bertz CT molecular complexity index is 169. The van der Waals surface area contributed by atoms with Gasteiger partial charge in [-0.1, -0.05) is 12.8 Å². The van der Waals surface area contributed by atoms with Gasteiger partial charge in [-0.2, -0.15) is 11.8 Å². The summed E-state index contributed by atoms with van der Waals surface area (Å²) in [6.45, 7) is 2.39. The largest absolute Gasteiger partial charge is 0.394 e. The Balaban J connectivity index is 2.02. The Morgan fingerprint density at radius 3 is 2.88 bits per heavy atom. The first-order valence-electron chi connectivity index (χ1n) is 6.33. The highest BCUT2D eigenvalue weighted by Gasteiger charge is 2.23. The van der Waals surface area contributed by atoms with E-state index in [-0.39, 0.29) is 6.61 Å². The van der Waals surface area contributed by atoms with Gasteiger partial charge in [-0.25, -0.2) is 0 Å². The number of nitrogens with one attached hydrogen (secondary N) is 1. The van der Waals surface area contributed by atoms with Crippen molar-refractivity contribution in [3.05, 3.63) is 0 Å². The van der Waals surface area contributed by atoms with E-state index in [9.17, 15) is 0 Å². The lowest BCUT2D eigenvalue weighted by atomic mass is 9.95. The van der Waals surface area contributed by atoms with Crippen LogP contribution in [0.25, 0.3) is 0 Å². The van der Waals surface area contributed by atoms with Crippen LogP contribution >= 0.6 is 11.8 Å². The third-order valence-electron chi connectivity index (χ3n) is 3.11. The summed E-state index contributed by atoms with van der Waals surface area (Å²) < 4.78 is 5.23. The Hall–Kier alpha value is 0.230. The smallest absolute Gasteiger partial charge is 0.0697 e. The van der Waals surface area contributed by atoms with Gasteiger partial charge in [0.25, 0.3) is 0 Å². The molecule has 2 unspecified atom stereocenters. The van der Waals surface area contributed by atoms with E-state index in [2.05, 4.69) is 11.6 Å². The molecule has 1 fully saturated rings. The number of thioether (sulfide) groups is 1. The molecule has 0 radical (unpaired) electrons. The van der Waals surface area contributed by atoms with E-state index >= 15 is 0 Å². The predicted octanol–water partition coefficient (Wildman–Crippen LogP) is 1.65. The fourth-order valence-corrected chi connectivity index (χ4v) is 3.20.